The minimum absolute atomic E-state index is 0.230. The summed E-state index contributed by atoms with van der Waals surface area (Å²) in [6.07, 6.45) is 1.66. The predicted molar refractivity (Wildman–Crippen MR) is 51.0 cm³/mol. The van der Waals surface area contributed by atoms with Crippen molar-refractivity contribution >= 4 is 5.69 Å². The molecule has 12 heavy (non-hydrogen) atoms. The Morgan fingerprint density at radius 1 is 1.42 bits per heavy atom. The lowest BCUT2D eigenvalue weighted by Gasteiger charge is -2.07. The lowest BCUT2D eigenvalue weighted by molar-refractivity contribution is 0.288. The fraction of sp³-hybridized carbons (Fsp3) is 0.400. The maximum Gasteiger partial charge on any atom is 0.0434 e. The molecular formula is C10H15NO. The Labute approximate surface area is 73.0 Å². The van der Waals surface area contributed by atoms with Gasteiger partial charge in [-0.2, -0.15) is 0 Å². The third kappa shape index (κ3) is 1.98. The van der Waals surface area contributed by atoms with E-state index in [1.807, 2.05) is 25.1 Å². The fourth-order valence-corrected chi connectivity index (χ4v) is 1.32. The first-order valence-electron chi connectivity index (χ1n) is 4.20. The van der Waals surface area contributed by atoms with Crippen LogP contribution in [0.5, 0.6) is 0 Å². The van der Waals surface area contributed by atoms with Crippen molar-refractivity contribution in [2.75, 3.05) is 12.3 Å². The molecule has 0 amide bonds. The molecular weight excluding hydrogens is 150 g/mol. The van der Waals surface area contributed by atoms with Crippen molar-refractivity contribution in [3.8, 4) is 0 Å². The molecule has 0 aliphatic heterocycles. The molecule has 0 unspecified atom stereocenters. The molecule has 0 spiro atoms. The van der Waals surface area contributed by atoms with E-state index >= 15 is 0 Å². The van der Waals surface area contributed by atoms with Crippen LogP contribution in [-0.2, 0) is 6.42 Å². The smallest absolute Gasteiger partial charge is 0.0434 e. The van der Waals surface area contributed by atoms with Crippen LogP contribution >= 0.6 is 0 Å². The monoisotopic (exact) mass is 165 g/mol. The number of nitrogen functional groups attached to an aromatic ring is 1. The van der Waals surface area contributed by atoms with Crippen molar-refractivity contribution in [2.24, 2.45) is 0 Å². The van der Waals surface area contributed by atoms with Crippen molar-refractivity contribution in [1.29, 1.82) is 0 Å². The Hall–Kier alpha value is -1.02. The molecule has 0 aliphatic rings. The van der Waals surface area contributed by atoms with E-state index in [-0.39, 0.29) is 6.61 Å². The van der Waals surface area contributed by atoms with Gasteiger partial charge < -0.3 is 10.8 Å². The minimum Gasteiger partial charge on any atom is -0.398 e. The van der Waals surface area contributed by atoms with Crippen molar-refractivity contribution in [2.45, 2.75) is 19.8 Å². The van der Waals surface area contributed by atoms with Gasteiger partial charge in [-0.3, -0.25) is 0 Å². The van der Waals surface area contributed by atoms with Gasteiger partial charge in [-0.05, 0) is 37.0 Å². The summed E-state index contributed by atoms with van der Waals surface area (Å²) in [7, 11) is 0. The van der Waals surface area contributed by atoms with Gasteiger partial charge in [0.1, 0.15) is 0 Å². The lowest BCUT2D eigenvalue weighted by Crippen LogP contribution is -1.98. The largest absolute Gasteiger partial charge is 0.398 e. The summed E-state index contributed by atoms with van der Waals surface area (Å²) in [5.41, 5.74) is 9.00. The number of hydrogen-bond acceptors (Lipinski definition) is 2. The highest BCUT2D eigenvalue weighted by molar-refractivity contribution is 5.50. The zero-order valence-corrected chi connectivity index (χ0v) is 7.38. The van der Waals surface area contributed by atoms with Gasteiger partial charge in [-0.15, -0.1) is 0 Å². The van der Waals surface area contributed by atoms with E-state index in [4.69, 9.17) is 10.8 Å². The maximum absolute atomic E-state index is 8.67. The molecule has 0 saturated carbocycles. The quantitative estimate of drug-likeness (QED) is 0.667. The van der Waals surface area contributed by atoms with Gasteiger partial charge in [0.15, 0.2) is 0 Å². The third-order valence-corrected chi connectivity index (χ3v) is 2.03. The summed E-state index contributed by atoms with van der Waals surface area (Å²) in [4.78, 5) is 0. The molecule has 0 bridgehead atoms. The van der Waals surface area contributed by atoms with Crippen LogP contribution in [0.25, 0.3) is 0 Å². The lowest BCUT2D eigenvalue weighted by atomic mass is 10.0. The summed E-state index contributed by atoms with van der Waals surface area (Å²) in [5.74, 6) is 0. The highest BCUT2D eigenvalue weighted by Gasteiger charge is 2.00. The van der Waals surface area contributed by atoms with Gasteiger partial charge in [-0.1, -0.05) is 12.1 Å². The Bertz CT molecular complexity index is 238. The molecule has 0 aliphatic carbocycles. The zero-order chi connectivity index (χ0) is 8.97. The van der Waals surface area contributed by atoms with E-state index < -0.39 is 0 Å². The molecule has 0 radical (unpaired) electrons. The van der Waals surface area contributed by atoms with Crippen LogP contribution in [0.3, 0.4) is 0 Å². The zero-order valence-electron chi connectivity index (χ0n) is 7.38. The average Bonchev–Trinajstić information content (AvgIpc) is 2.04. The first-order valence-corrected chi connectivity index (χ1v) is 4.20. The standard InChI is InChI=1S/C10H15NO/c1-8-4-2-6-10(11)9(8)5-3-7-12/h2,4,6,12H,3,5,7,11H2,1H3. The van der Waals surface area contributed by atoms with E-state index in [0.717, 1.165) is 18.5 Å². The summed E-state index contributed by atoms with van der Waals surface area (Å²) in [6, 6.07) is 5.90. The topological polar surface area (TPSA) is 46.2 Å². The summed E-state index contributed by atoms with van der Waals surface area (Å²) in [5, 5.41) is 8.67. The van der Waals surface area contributed by atoms with Crippen molar-refractivity contribution < 1.29 is 5.11 Å². The predicted octanol–water partition coefficient (Wildman–Crippen LogP) is 1.50. The Morgan fingerprint density at radius 3 is 2.75 bits per heavy atom. The number of benzene rings is 1. The second kappa shape index (κ2) is 4.12. The first-order chi connectivity index (χ1) is 5.75. The van der Waals surface area contributed by atoms with E-state index in [1.54, 1.807) is 0 Å². The van der Waals surface area contributed by atoms with Gasteiger partial charge in [-0.25, -0.2) is 0 Å². The Kier molecular flexibility index (Phi) is 3.11. The van der Waals surface area contributed by atoms with Crippen LogP contribution in [0.1, 0.15) is 17.5 Å². The number of hydrogen-bond donors (Lipinski definition) is 2. The van der Waals surface area contributed by atoms with Crippen LogP contribution in [0, 0.1) is 6.92 Å². The first kappa shape index (κ1) is 9.07. The second-order valence-electron chi connectivity index (χ2n) is 2.97. The van der Waals surface area contributed by atoms with Crippen LogP contribution in [0.2, 0.25) is 0 Å². The van der Waals surface area contributed by atoms with E-state index in [0.29, 0.717) is 0 Å². The van der Waals surface area contributed by atoms with Gasteiger partial charge in [0.25, 0.3) is 0 Å². The number of anilines is 1. The molecule has 0 atom stereocenters. The van der Waals surface area contributed by atoms with Crippen molar-refractivity contribution in [3.63, 3.8) is 0 Å². The third-order valence-electron chi connectivity index (χ3n) is 2.03. The Morgan fingerprint density at radius 2 is 2.17 bits per heavy atom. The normalized spacial score (nSPS) is 10.2. The number of aliphatic hydroxyl groups is 1. The number of aliphatic hydroxyl groups excluding tert-OH is 1. The van der Waals surface area contributed by atoms with Gasteiger partial charge in [0, 0.05) is 12.3 Å². The summed E-state index contributed by atoms with van der Waals surface area (Å²) < 4.78 is 0. The van der Waals surface area contributed by atoms with Gasteiger partial charge in [0.05, 0.1) is 0 Å². The fourth-order valence-electron chi connectivity index (χ4n) is 1.32. The highest BCUT2D eigenvalue weighted by atomic mass is 16.2. The van der Waals surface area contributed by atoms with E-state index in [1.165, 1.54) is 11.1 Å². The van der Waals surface area contributed by atoms with Gasteiger partial charge >= 0.3 is 0 Å². The van der Waals surface area contributed by atoms with Crippen molar-refractivity contribution in [3.05, 3.63) is 29.3 Å². The molecule has 0 heterocycles. The second-order valence-corrected chi connectivity index (χ2v) is 2.97. The van der Waals surface area contributed by atoms with Crippen molar-refractivity contribution in [1.82, 2.24) is 0 Å². The molecule has 0 aromatic heterocycles. The SMILES string of the molecule is Cc1cccc(N)c1CCCO. The highest BCUT2D eigenvalue weighted by Crippen LogP contribution is 2.17. The molecule has 2 nitrogen and oxygen atoms in total. The average molecular weight is 165 g/mol. The van der Waals surface area contributed by atoms with E-state index in [2.05, 4.69) is 0 Å². The van der Waals surface area contributed by atoms with Crippen LogP contribution < -0.4 is 5.73 Å². The maximum atomic E-state index is 8.67. The number of aryl methyl sites for hydroxylation is 1. The van der Waals surface area contributed by atoms with Gasteiger partial charge in [0.2, 0.25) is 0 Å². The van der Waals surface area contributed by atoms with E-state index in [9.17, 15) is 0 Å². The minimum atomic E-state index is 0.230. The molecule has 66 valence electrons. The molecule has 3 N–H and O–H groups in total. The van der Waals surface area contributed by atoms with Crippen LogP contribution in [0.15, 0.2) is 18.2 Å². The molecule has 1 aromatic carbocycles. The Balaban J connectivity index is 2.81. The van der Waals surface area contributed by atoms with Crippen LogP contribution in [-0.4, -0.2) is 11.7 Å². The summed E-state index contributed by atoms with van der Waals surface area (Å²) in [6.45, 7) is 2.27. The molecule has 1 rings (SSSR count). The molecule has 2 heteroatoms. The summed E-state index contributed by atoms with van der Waals surface area (Å²) >= 11 is 0. The number of nitrogens with two attached hydrogens (primary N) is 1. The molecule has 0 saturated heterocycles. The molecule has 1 aromatic rings. The molecule has 0 fully saturated rings. The number of rotatable bonds is 3. The van der Waals surface area contributed by atoms with Crippen LogP contribution in [0.4, 0.5) is 5.69 Å².